The Morgan fingerprint density at radius 1 is 1.30 bits per heavy atom. The van der Waals surface area contributed by atoms with Gasteiger partial charge >= 0.3 is 0 Å². The number of hydrogen-bond acceptors (Lipinski definition) is 3. The molecule has 1 aliphatic heterocycles. The van der Waals surface area contributed by atoms with Gasteiger partial charge in [-0.1, -0.05) is 13.0 Å². The third-order valence-electron chi connectivity index (χ3n) is 3.88. The van der Waals surface area contributed by atoms with Crippen LogP contribution in [0.1, 0.15) is 27.2 Å². The first-order chi connectivity index (χ1) is 9.53. The van der Waals surface area contributed by atoms with Gasteiger partial charge in [-0.2, -0.15) is 0 Å². The lowest BCUT2D eigenvalue weighted by molar-refractivity contribution is 0.117. The van der Waals surface area contributed by atoms with Crippen molar-refractivity contribution in [2.24, 2.45) is 5.92 Å². The molecule has 1 heterocycles. The lowest BCUT2D eigenvalue weighted by Gasteiger charge is -2.43. The summed E-state index contributed by atoms with van der Waals surface area (Å²) >= 11 is 0. The molecule has 3 nitrogen and oxygen atoms in total. The van der Waals surface area contributed by atoms with E-state index in [0.717, 1.165) is 31.8 Å². The highest BCUT2D eigenvalue weighted by atomic mass is 16.5. The Kier molecular flexibility index (Phi) is 6.86. The molecule has 0 aromatic heterocycles. The summed E-state index contributed by atoms with van der Waals surface area (Å²) in [6.07, 6.45) is 7.15. The van der Waals surface area contributed by atoms with Crippen LogP contribution in [0.2, 0.25) is 0 Å². The summed E-state index contributed by atoms with van der Waals surface area (Å²) in [7, 11) is 3.96. The maximum atomic E-state index is 5.33. The fraction of sp³-hybridized carbons (Fsp3) is 0.647. The van der Waals surface area contributed by atoms with E-state index in [-0.39, 0.29) is 0 Å². The molecule has 2 atom stereocenters. The number of hydrogen-bond donors (Lipinski definition) is 0. The van der Waals surface area contributed by atoms with Crippen molar-refractivity contribution in [1.29, 1.82) is 0 Å². The first-order valence-corrected chi connectivity index (χ1v) is 7.50. The third kappa shape index (κ3) is 4.41. The van der Waals surface area contributed by atoms with Crippen molar-refractivity contribution in [3.8, 4) is 0 Å². The van der Waals surface area contributed by atoms with E-state index >= 15 is 0 Å². The molecule has 20 heavy (non-hydrogen) atoms. The predicted octanol–water partition coefficient (Wildman–Crippen LogP) is 3.27. The highest BCUT2D eigenvalue weighted by molar-refractivity contribution is 5.23. The molecule has 0 aromatic carbocycles. The van der Waals surface area contributed by atoms with Crippen LogP contribution in [-0.4, -0.2) is 49.6 Å². The Morgan fingerprint density at radius 3 is 2.45 bits per heavy atom. The topological polar surface area (TPSA) is 15.7 Å². The van der Waals surface area contributed by atoms with Gasteiger partial charge in [0.05, 0.1) is 12.9 Å². The Balaban J connectivity index is 0.000000612. The van der Waals surface area contributed by atoms with Gasteiger partial charge in [-0.15, -0.1) is 6.58 Å². The summed E-state index contributed by atoms with van der Waals surface area (Å²) in [6.45, 7) is 13.3. The van der Waals surface area contributed by atoms with Crippen molar-refractivity contribution in [3.05, 3.63) is 36.3 Å². The average Bonchev–Trinajstić information content (AvgIpc) is 2.40. The largest absolute Gasteiger partial charge is 0.501 e. The van der Waals surface area contributed by atoms with Gasteiger partial charge in [-0.3, -0.25) is 0 Å². The van der Waals surface area contributed by atoms with Crippen molar-refractivity contribution in [2.75, 3.05) is 33.8 Å². The van der Waals surface area contributed by atoms with Gasteiger partial charge in [0.2, 0.25) is 0 Å². The zero-order valence-electron chi connectivity index (χ0n) is 13.7. The third-order valence-corrected chi connectivity index (χ3v) is 3.88. The van der Waals surface area contributed by atoms with Crippen LogP contribution in [0.4, 0.5) is 0 Å². The molecule has 0 spiro atoms. The molecule has 1 aliphatic carbocycles. The van der Waals surface area contributed by atoms with E-state index in [4.69, 9.17) is 4.74 Å². The summed E-state index contributed by atoms with van der Waals surface area (Å²) in [5.41, 5.74) is 1.48. The zero-order chi connectivity index (χ0) is 15.1. The molecule has 0 radical (unpaired) electrons. The molecule has 1 saturated heterocycles. The van der Waals surface area contributed by atoms with Gasteiger partial charge in [0, 0.05) is 43.7 Å². The molecule has 0 N–H and O–H groups in total. The molecule has 0 saturated carbocycles. The molecule has 0 bridgehead atoms. The molecule has 1 fully saturated rings. The van der Waals surface area contributed by atoms with Crippen LogP contribution in [0.25, 0.3) is 0 Å². The van der Waals surface area contributed by atoms with Gasteiger partial charge in [-0.05, 0) is 33.0 Å². The van der Waals surface area contributed by atoms with Crippen molar-refractivity contribution in [3.63, 3.8) is 0 Å². The first kappa shape index (κ1) is 16.8. The smallest absolute Gasteiger partial charge is 0.0962 e. The minimum Gasteiger partial charge on any atom is -0.501 e. The van der Waals surface area contributed by atoms with Gasteiger partial charge in [0.25, 0.3) is 0 Å². The van der Waals surface area contributed by atoms with E-state index in [1.54, 1.807) is 13.2 Å². The second-order valence-corrected chi connectivity index (χ2v) is 5.75. The Bertz CT molecular complexity index is 373. The fourth-order valence-electron chi connectivity index (χ4n) is 2.87. The van der Waals surface area contributed by atoms with E-state index in [9.17, 15) is 0 Å². The van der Waals surface area contributed by atoms with Crippen LogP contribution in [0.15, 0.2) is 36.3 Å². The summed E-state index contributed by atoms with van der Waals surface area (Å²) < 4.78 is 5.33. The lowest BCUT2D eigenvalue weighted by atomic mass is 9.95. The molecule has 0 amide bonds. The lowest BCUT2D eigenvalue weighted by Crippen LogP contribution is -2.50. The van der Waals surface area contributed by atoms with Gasteiger partial charge < -0.3 is 14.5 Å². The predicted molar refractivity (Wildman–Crippen MR) is 86.5 cm³/mol. The minimum atomic E-state index is 0.570. The first-order valence-electron chi connectivity index (χ1n) is 7.50. The van der Waals surface area contributed by atoms with Crippen LogP contribution in [0.3, 0.4) is 0 Å². The second-order valence-electron chi connectivity index (χ2n) is 5.75. The standard InChI is InChI=1S/C14H24N2O.C3H6/c1-11-9-13(17-4)5-6-14(11)16-8-7-15(3)10-12(16)2;1-3-2/h5-6,11-12H,7-10H2,1-4H3;3H,1H2,2H3/t11-,12?;/m0./s1. The van der Waals surface area contributed by atoms with E-state index < -0.39 is 0 Å². The van der Waals surface area contributed by atoms with Gasteiger partial charge in [-0.25, -0.2) is 0 Å². The summed E-state index contributed by atoms with van der Waals surface area (Å²) in [6, 6.07) is 0.611. The average molecular weight is 278 g/mol. The number of ether oxygens (including phenoxy) is 1. The molecule has 2 aliphatic rings. The van der Waals surface area contributed by atoms with Crippen LogP contribution < -0.4 is 0 Å². The SMILES string of the molecule is C=CC.COC1=CC=C(N2CCN(C)CC2C)[C@@H](C)C1. The van der Waals surface area contributed by atoms with E-state index in [0.29, 0.717) is 12.0 Å². The van der Waals surface area contributed by atoms with Crippen LogP contribution in [0.5, 0.6) is 0 Å². The normalized spacial score (nSPS) is 26.9. The molecule has 3 heteroatoms. The molecule has 114 valence electrons. The van der Waals surface area contributed by atoms with Crippen molar-refractivity contribution >= 4 is 0 Å². The van der Waals surface area contributed by atoms with Gasteiger partial charge in [0.15, 0.2) is 0 Å². The fourth-order valence-corrected chi connectivity index (χ4v) is 2.87. The maximum Gasteiger partial charge on any atom is 0.0962 e. The van der Waals surface area contributed by atoms with Gasteiger partial charge in [0.1, 0.15) is 0 Å². The van der Waals surface area contributed by atoms with E-state index in [1.807, 2.05) is 6.92 Å². The minimum absolute atomic E-state index is 0.570. The quantitative estimate of drug-likeness (QED) is 0.721. The Hall–Kier alpha value is -1.22. The van der Waals surface area contributed by atoms with Crippen LogP contribution >= 0.6 is 0 Å². The molecule has 2 rings (SSSR count). The highest BCUT2D eigenvalue weighted by Gasteiger charge is 2.27. The number of allylic oxidation sites excluding steroid dienone is 5. The van der Waals surface area contributed by atoms with Crippen molar-refractivity contribution < 1.29 is 4.74 Å². The highest BCUT2D eigenvalue weighted by Crippen LogP contribution is 2.29. The van der Waals surface area contributed by atoms with E-state index in [2.05, 4.69) is 49.4 Å². The summed E-state index contributed by atoms with van der Waals surface area (Å²) in [5, 5.41) is 0. The summed E-state index contributed by atoms with van der Waals surface area (Å²) in [4.78, 5) is 4.97. The maximum absolute atomic E-state index is 5.33. The molecule has 0 aromatic rings. The Labute approximate surface area is 124 Å². The number of piperazine rings is 1. The Morgan fingerprint density at radius 2 is 1.95 bits per heavy atom. The van der Waals surface area contributed by atoms with Crippen molar-refractivity contribution in [1.82, 2.24) is 9.80 Å². The number of nitrogens with zero attached hydrogens (tertiary/aromatic N) is 2. The summed E-state index contributed by atoms with van der Waals surface area (Å²) in [5.74, 6) is 1.67. The number of rotatable bonds is 2. The second kappa shape index (κ2) is 8.15. The van der Waals surface area contributed by atoms with Crippen LogP contribution in [0, 0.1) is 5.92 Å². The molecular weight excluding hydrogens is 248 g/mol. The molecule has 1 unspecified atom stereocenters. The number of likely N-dealkylation sites (N-methyl/N-ethyl adjacent to an activating group) is 1. The zero-order valence-corrected chi connectivity index (χ0v) is 13.7. The van der Waals surface area contributed by atoms with Crippen molar-refractivity contribution in [2.45, 2.75) is 33.2 Å². The molecular formula is C17H30N2O. The number of methoxy groups -OCH3 is 1. The van der Waals surface area contributed by atoms with E-state index in [1.165, 1.54) is 5.70 Å². The monoisotopic (exact) mass is 278 g/mol. The van der Waals surface area contributed by atoms with Crippen LogP contribution in [-0.2, 0) is 4.74 Å².